The molecule has 1 aromatic heterocycles. The largest absolute Gasteiger partial charge is 0.485 e. The minimum absolute atomic E-state index is 0.0219. The molecule has 0 bridgehead atoms. The normalized spacial score (nSPS) is 23.1. The lowest BCUT2D eigenvalue weighted by Crippen LogP contribution is -2.47. The van der Waals surface area contributed by atoms with Crippen LogP contribution in [0.4, 0.5) is 10.6 Å². The smallest absolute Gasteiger partial charge is 0.318 e. The van der Waals surface area contributed by atoms with Crippen molar-refractivity contribution in [3.8, 4) is 5.75 Å². The number of carbonyl (C=O) groups excluding carboxylic acids is 2. The van der Waals surface area contributed by atoms with E-state index >= 15 is 0 Å². The number of anilines is 1. The molecule has 0 aromatic carbocycles. The monoisotopic (exact) mass is 347 g/mol. The number of pyridine rings is 1. The topological polar surface area (TPSA) is 78.0 Å². The summed E-state index contributed by atoms with van der Waals surface area (Å²) in [6, 6.07) is 3.12. The molecule has 3 heterocycles. The molecular weight excluding hydrogens is 322 g/mol. The molecule has 2 atom stereocenters. The maximum Gasteiger partial charge on any atom is 0.318 e. The molecule has 0 saturated carbocycles. The minimum Gasteiger partial charge on any atom is -0.485 e. The summed E-state index contributed by atoms with van der Waals surface area (Å²) >= 11 is 0. The maximum absolute atomic E-state index is 12.4. The Hall–Kier alpha value is -2.51. The van der Waals surface area contributed by atoms with E-state index in [4.69, 9.17) is 4.74 Å². The number of hydrogen-bond donors (Lipinski definition) is 1. The summed E-state index contributed by atoms with van der Waals surface area (Å²) in [5, 5.41) is 2.83. The molecule has 2 fully saturated rings. The Morgan fingerprint density at radius 3 is 2.84 bits per heavy atom. The van der Waals surface area contributed by atoms with Crippen molar-refractivity contribution in [2.45, 2.75) is 25.0 Å². The fourth-order valence-corrected chi connectivity index (χ4v) is 3.20. The van der Waals surface area contributed by atoms with Crippen LogP contribution in [-0.2, 0) is 4.79 Å². The second kappa shape index (κ2) is 7.16. The van der Waals surface area contributed by atoms with Crippen molar-refractivity contribution in [1.29, 1.82) is 0 Å². The standard InChI is InChI=1S/C17H25N5O3/c1-20(2)15-14(5-4-8-18-15)25-12-6-10-22(11-12)17(24)19-13-7-9-21(3)16(13)23/h4-5,8,12-13H,6-7,9-11H2,1-3H3,(H,19,24)/t12-,13+/m1/s1. The molecule has 1 N–H and O–H groups in total. The molecular formula is C17H25N5O3. The molecule has 2 aliphatic rings. The third-order valence-electron chi connectivity index (χ3n) is 4.63. The Bertz CT molecular complexity index is 651. The summed E-state index contributed by atoms with van der Waals surface area (Å²) in [7, 11) is 5.59. The average Bonchev–Trinajstić information content (AvgIpc) is 3.17. The van der Waals surface area contributed by atoms with Gasteiger partial charge in [-0.3, -0.25) is 4.79 Å². The number of rotatable bonds is 4. The van der Waals surface area contributed by atoms with Crippen molar-refractivity contribution in [2.24, 2.45) is 0 Å². The van der Waals surface area contributed by atoms with Crippen molar-refractivity contribution >= 4 is 17.8 Å². The van der Waals surface area contributed by atoms with E-state index in [1.165, 1.54) is 0 Å². The Kier molecular flexibility index (Phi) is 4.96. The van der Waals surface area contributed by atoms with Gasteiger partial charge in [-0.1, -0.05) is 0 Å². The van der Waals surface area contributed by atoms with Crippen molar-refractivity contribution in [1.82, 2.24) is 20.1 Å². The van der Waals surface area contributed by atoms with Gasteiger partial charge >= 0.3 is 6.03 Å². The van der Waals surface area contributed by atoms with E-state index < -0.39 is 6.04 Å². The van der Waals surface area contributed by atoms with Crippen LogP contribution in [0.2, 0.25) is 0 Å². The Morgan fingerprint density at radius 1 is 1.36 bits per heavy atom. The van der Waals surface area contributed by atoms with Gasteiger partial charge in [-0.2, -0.15) is 0 Å². The predicted octanol–water partition coefficient (Wildman–Crippen LogP) is 0.541. The molecule has 136 valence electrons. The van der Waals surface area contributed by atoms with Gasteiger partial charge in [0.25, 0.3) is 0 Å². The van der Waals surface area contributed by atoms with Gasteiger partial charge in [0.15, 0.2) is 11.6 Å². The van der Waals surface area contributed by atoms with Gasteiger partial charge in [0.2, 0.25) is 5.91 Å². The highest BCUT2D eigenvalue weighted by atomic mass is 16.5. The molecule has 8 heteroatoms. The van der Waals surface area contributed by atoms with Crippen molar-refractivity contribution in [3.63, 3.8) is 0 Å². The highest BCUT2D eigenvalue weighted by molar-refractivity contribution is 5.88. The van der Waals surface area contributed by atoms with E-state index in [9.17, 15) is 9.59 Å². The highest BCUT2D eigenvalue weighted by Gasteiger charge is 2.34. The molecule has 3 amide bonds. The van der Waals surface area contributed by atoms with Crippen LogP contribution < -0.4 is 15.0 Å². The van der Waals surface area contributed by atoms with Gasteiger partial charge in [0.05, 0.1) is 6.54 Å². The third kappa shape index (κ3) is 3.78. The molecule has 0 aliphatic carbocycles. The van der Waals surface area contributed by atoms with E-state index in [1.54, 1.807) is 23.0 Å². The Balaban J connectivity index is 1.55. The number of likely N-dealkylation sites (tertiary alicyclic amines) is 2. The van der Waals surface area contributed by atoms with Crippen LogP contribution >= 0.6 is 0 Å². The zero-order valence-corrected chi connectivity index (χ0v) is 14.9. The van der Waals surface area contributed by atoms with Crippen molar-refractivity contribution in [3.05, 3.63) is 18.3 Å². The van der Waals surface area contributed by atoms with Crippen LogP contribution in [0.25, 0.3) is 0 Å². The molecule has 0 radical (unpaired) electrons. The van der Waals surface area contributed by atoms with Crippen LogP contribution in [0.5, 0.6) is 5.75 Å². The Labute approximate surface area is 147 Å². The number of likely N-dealkylation sites (N-methyl/N-ethyl adjacent to an activating group) is 1. The first-order valence-electron chi connectivity index (χ1n) is 8.55. The lowest BCUT2D eigenvalue weighted by Gasteiger charge is -2.21. The predicted molar refractivity (Wildman–Crippen MR) is 93.7 cm³/mol. The van der Waals surface area contributed by atoms with Gasteiger partial charge in [-0.05, 0) is 18.6 Å². The van der Waals surface area contributed by atoms with Crippen LogP contribution in [0.15, 0.2) is 18.3 Å². The average molecular weight is 347 g/mol. The fourth-order valence-electron chi connectivity index (χ4n) is 3.20. The van der Waals surface area contributed by atoms with Gasteiger partial charge in [0, 0.05) is 46.9 Å². The molecule has 2 aliphatic heterocycles. The fraction of sp³-hybridized carbons (Fsp3) is 0.588. The maximum atomic E-state index is 12.4. The van der Waals surface area contributed by atoms with E-state index in [0.717, 1.165) is 12.2 Å². The van der Waals surface area contributed by atoms with Gasteiger partial charge in [-0.25, -0.2) is 9.78 Å². The first kappa shape index (κ1) is 17.3. The molecule has 2 saturated heterocycles. The van der Waals surface area contributed by atoms with Crippen LogP contribution in [0, 0.1) is 0 Å². The number of aromatic nitrogens is 1. The minimum atomic E-state index is -0.406. The second-order valence-corrected chi connectivity index (χ2v) is 6.74. The lowest BCUT2D eigenvalue weighted by molar-refractivity contribution is -0.128. The van der Waals surface area contributed by atoms with Gasteiger partial charge in [0.1, 0.15) is 12.1 Å². The van der Waals surface area contributed by atoms with E-state index in [2.05, 4.69) is 10.3 Å². The van der Waals surface area contributed by atoms with Crippen molar-refractivity contribution in [2.75, 3.05) is 45.7 Å². The van der Waals surface area contributed by atoms with Crippen LogP contribution in [0.3, 0.4) is 0 Å². The lowest BCUT2D eigenvalue weighted by atomic mass is 10.2. The molecule has 3 rings (SSSR count). The zero-order chi connectivity index (χ0) is 18.0. The molecule has 25 heavy (non-hydrogen) atoms. The summed E-state index contributed by atoms with van der Waals surface area (Å²) in [6.07, 6.45) is 3.08. The van der Waals surface area contributed by atoms with Crippen LogP contribution in [0.1, 0.15) is 12.8 Å². The first-order chi connectivity index (χ1) is 12.0. The summed E-state index contributed by atoms with van der Waals surface area (Å²) in [4.78, 5) is 33.9. The summed E-state index contributed by atoms with van der Waals surface area (Å²) in [5.74, 6) is 1.46. The van der Waals surface area contributed by atoms with Gasteiger partial charge in [-0.15, -0.1) is 0 Å². The molecule has 1 aromatic rings. The number of urea groups is 1. The van der Waals surface area contributed by atoms with E-state index in [0.29, 0.717) is 31.8 Å². The number of nitrogens with one attached hydrogen (secondary N) is 1. The first-order valence-corrected chi connectivity index (χ1v) is 8.55. The summed E-state index contributed by atoms with van der Waals surface area (Å²) in [6.45, 7) is 1.80. The molecule has 0 unspecified atom stereocenters. The van der Waals surface area contributed by atoms with Gasteiger partial charge < -0.3 is 24.8 Å². The van der Waals surface area contributed by atoms with E-state index in [-0.39, 0.29) is 18.0 Å². The van der Waals surface area contributed by atoms with Crippen LogP contribution in [-0.4, -0.2) is 79.6 Å². The second-order valence-electron chi connectivity index (χ2n) is 6.74. The number of amides is 3. The third-order valence-corrected chi connectivity index (χ3v) is 4.63. The quantitative estimate of drug-likeness (QED) is 0.860. The SMILES string of the molecule is CN1CC[C@H](NC(=O)N2CC[C@@H](Oc3cccnc3N(C)C)C2)C1=O. The summed E-state index contributed by atoms with van der Waals surface area (Å²) in [5.41, 5.74) is 0. The number of carbonyl (C=O) groups is 2. The number of nitrogens with zero attached hydrogens (tertiary/aromatic N) is 4. The molecule has 0 spiro atoms. The Morgan fingerprint density at radius 2 is 2.16 bits per heavy atom. The number of hydrogen-bond acceptors (Lipinski definition) is 5. The van der Waals surface area contributed by atoms with Crippen molar-refractivity contribution < 1.29 is 14.3 Å². The number of ether oxygens (including phenoxy) is 1. The van der Waals surface area contributed by atoms with E-state index in [1.807, 2.05) is 31.1 Å². The zero-order valence-electron chi connectivity index (χ0n) is 14.9. The highest BCUT2D eigenvalue weighted by Crippen LogP contribution is 2.26. The molecule has 8 nitrogen and oxygen atoms in total. The summed E-state index contributed by atoms with van der Waals surface area (Å²) < 4.78 is 6.06.